The van der Waals surface area contributed by atoms with Crippen molar-refractivity contribution in [2.45, 2.75) is 0 Å². The van der Waals surface area contributed by atoms with E-state index in [1.807, 2.05) is 4.90 Å². The molecular weight excluding hydrogens is 266 g/mol. The van der Waals surface area contributed by atoms with E-state index in [1.54, 1.807) is 12.1 Å². The van der Waals surface area contributed by atoms with E-state index in [0.717, 1.165) is 13.1 Å². The van der Waals surface area contributed by atoms with Crippen LogP contribution in [0.25, 0.3) is 0 Å². The van der Waals surface area contributed by atoms with Gasteiger partial charge in [0.2, 0.25) is 5.75 Å². The Balaban J connectivity index is 2.33. The van der Waals surface area contributed by atoms with Crippen molar-refractivity contribution in [2.24, 2.45) is 0 Å². The predicted molar refractivity (Wildman–Crippen MR) is 75.3 cm³/mol. The summed E-state index contributed by atoms with van der Waals surface area (Å²) in [7, 11) is 2.99. The van der Waals surface area contributed by atoms with Gasteiger partial charge in [0.25, 0.3) is 0 Å². The molecule has 1 aliphatic heterocycles. The molecular formula is C13H17NO4S. The topological polar surface area (TPSA) is 51.2 Å². The number of methoxy groups -OCH3 is 2. The molecule has 0 aliphatic carbocycles. The van der Waals surface area contributed by atoms with Crippen molar-refractivity contribution in [3.05, 3.63) is 17.7 Å². The van der Waals surface area contributed by atoms with Crippen LogP contribution in [0, 0.1) is 0 Å². The highest BCUT2D eigenvalue weighted by Crippen LogP contribution is 2.39. The van der Waals surface area contributed by atoms with E-state index >= 15 is 0 Å². The van der Waals surface area contributed by atoms with Crippen molar-refractivity contribution in [1.29, 1.82) is 0 Å². The zero-order valence-corrected chi connectivity index (χ0v) is 11.8. The Bertz CT molecular complexity index is 472. The minimum Gasteiger partial charge on any atom is -0.502 e. The molecule has 0 atom stereocenters. The summed E-state index contributed by atoms with van der Waals surface area (Å²) in [6.07, 6.45) is 0. The Morgan fingerprint density at radius 1 is 1.26 bits per heavy atom. The van der Waals surface area contributed by atoms with Crippen LogP contribution < -0.4 is 9.47 Å². The van der Waals surface area contributed by atoms with Gasteiger partial charge in [-0.25, -0.2) is 0 Å². The van der Waals surface area contributed by atoms with E-state index in [0.29, 0.717) is 35.3 Å². The molecule has 0 radical (unpaired) electrons. The lowest BCUT2D eigenvalue weighted by atomic mass is 10.1. The Morgan fingerprint density at radius 2 is 1.95 bits per heavy atom. The van der Waals surface area contributed by atoms with Gasteiger partial charge in [0.05, 0.1) is 33.0 Å². The van der Waals surface area contributed by atoms with Crippen LogP contribution in [0.15, 0.2) is 12.1 Å². The van der Waals surface area contributed by atoms with Gasteiger partial charge >= 0.3 is 0 Å². The van der Waals surface area contributed by atoms with Crippen LogP contribution in [0.1, 0.15) is 5.56 Å². The second kappa shape index (κ2) is 6.08. The highest BCUT2D eigenvalue weighted by Gasteiger charge is 2.22. The molecule has 1 fully saturated rings. The Morgan fingerprint density at radius 3 is 2.53 bits per heavy atom. The number of rotatable bonds is 3. The van der Waals surface area contributed by atoms with Crippen LogP contribution in [-0.4, -0.2) is 55.5 Å². The van der Waals surface area contributed by atoms with Crippen LogP contribution in [0.3, 0.4) is 0 Å². The van der Waals surface area contributed by atoms with Crippen LogP contribution in [0.2, 0.25) is 0 Å². The zero-order valence-electron chi connectivity index (χ0n) is 11.0. The van der Waals surface area contributed by atoms with Gasteiger partial charge in [0.1, 0.15) is 4.99 Å². The molecule has 1 aliphatic rings. The highest BCUT2D eigenvalue weighted by molar-refractivity contribution is 7.80. The third-order valence-electron chi connectivity index (χ3n) is 3.05. The monoisotopic (exact) mass is 283 g/mol. The van der Waals surface area contributed by atoms with E-state index in [4.69, 9.17) is 26.4 Å². The fourth-order valence-corrected chi connectivity index (χ4v) is 2.37. The quantitative estimate of drug-likeness (QED) is 0.847. The molecule has 0 saturated carbocycles. The number of phenols is 1. The summed E-state index contributed by atoms with van der Waals surface area (Å²) in [6.45, 7) is 2.80. The van der Waals surface area contributed by atoms with Crippen molar-refractivity contribution in [1.82, 2.24) is 4.90 Å². The molecule has 2 rings (SSSR count). The van der Waals surface area contributed by atoms with Crippen LogP contribution in [0.5, 0.6) is 17.2 Å². The van der Waals surface area contributed by atoms with Crippen molar-refractivity contribution in [2.75, 3.05) is 40.5 Å². The molecule has 1 heterocycles. The van der Waals surface area contributed by atoms with Gasteiger partial charge in [0, 0.05) is 13.1 Å². The molecule has 1 N–H and O–H groups in total. The third-order valence-corrected chi connectivity index (χ3v) is 3.53. The summed E-state index contributed by atoms with van der Waals surface area (Å²) in [5.74, 6) is 0.680. The molecule has 0 amide bonds. The Hall–Kier alpha value is -1.53. The average Bonchev–Trinajstić information content (AvgIpc) is 2.47. The van der Waals surface area contributed by atoms with Crippen molar-refractivity contribution >= 4 is 17.2 Å². The molecule has 5 nitrogen and oxygen atoms in total. The molecule has 0 spiro atoms. The van der Waals surface area contributed by atoms with Gasteiger partial charge in [-0.3, -0.25) is 0 Å². The largest absolute Gasteiger partial charge is 0.502 e. The van der Waals surface area contributed by atoms with Gasteiger partial charge in [0.15, 0.2) is 11.5 Å². The summed E-state index contributed by atoms with van der Waals surface area (Å²) in [5, 5.41) is 10.1. The highest BCUT2D eigenvalue weighted by atomic mass is 32.1. The minimum absolute atomic E-state index is 0.0295. The van der Waals surface area contributed by atoms with Gasteiger partial charge < -0.3 is 24.2 Å². The standard InChI is InChI=1S/C13H17NO4S/c1-16-10-4-3-9(12(17-2)11(10)15)13(19)14-5-7-18-8-6-14/h3-4,15H,5-8H2,1-2H3. The molecule has 0 bridgehead atoms. The first-order valence-electron chi connectivity index (χ1n) is 6.00. The summed E-state index contributed by atoms with van der Waals surface area (Å²) in [5.41, 5.74) is 0.692. The van der Waals surface area contributed by atoms with Crippen molar-refractivity contribution < 1.29 is 19.3 Å². The van der Waals surface area contributed by atoms with Crippen LogP contribution >= 0.6 is 12.2 Å². The van der Waals surface area contributed by atoms with E-state index in [2.05, 4.69) is 0 Å². The van der Waals surface area contributed by atoms with E-state index in [-0.39, 0.29) is 5.75 Å². The Labute approximate surface area is 117 Å². The molecule has 19 heavy (non-hydrogen) atoms. The number of aromatic hydroxyl groups is 1. The van der Waals surface area contributed by atoms with Gasteiger partial charge in [-0.05, 0) is 12.1 Å². The molecule has 104 valence electrons. The first kappa shape index (κ1) is 13.9. The maximum absolute atomic E-state index is 10.1. The van der Waals surface area contributed by atoms with Gasteiger partial charge in [-0.1, -0.05) is 12.2 Å². The molecule has 1 aromatic rings. The second-order valence-electron chi connectivity index (χ2n) is 4.10. The van der Waals surface area contributed by atoms with Gasteiger partial charge in [-0.2, -0.15) is 0 Å². The summed E-state index contributed by atoms with van der Waals surface area (Å²) in [4.78, 5) is 2.70. The normalized spacial score (nSPS) is 15.2. The smallest absolute Gasteiger partial charge is 0.201 e. The first-order chi connectivity index (χ1) is 9.19. The van der Waals surface area contributed by atoms with E-state index in [1.165, 1.54) is 14.2 Å². The average molecular weight is 283 g/mol. The number of benzene rings is 1. The lowest BCUT2D eigenvalue weighted by molar-refractivity contribution is 0.0692. The van der Waals surface area contributed by atoms with Crippen molar-refractivity contribution in [3.8, 4) is 17.2 Å². The second-order valence-corrected chi connectivity index (χ2v) is 4.49. The molecule has 0 unspecified atom stereocenters. The zero-order chi connectivity index (χ0) is 13.8. The number of hydrogen-bond acceptors (Lipinski definition) is 5. The summed E-state index contributed by atoms with van der Waals surface area (Å²) < 4.78 is 15.6. The molecule has 1 saturated heterocycles. The van der Waals surface area contributed by atoms with Crippen LogP contribution in [0.4, 0.5) is 0 Å². The van der Waals surface area contributed by atoms with Crippen molar-refractivity contribution in [3.63, 3.8) is 0 Å². The SMILES string of the molecule is COc1ccc(C(=S)N2CCOCC2)c(OC)c1O. The fraction of sp³-hybridized carbons (Fsp3) is 0.462. The molecule has 0 aromatic heterocycles. The van der Waals surface area contributed by atoms with Crippen LogP contribution in [-0.2, 0) is 4.74 Å². The molecule has 6 heteroatoms. The van der Waals surface area contributed by atoms with E-state index in [9.17, 15) is 5.11 Å². The number of hydrogen-bond donors (Lipinski definition) is 1. The lowest BCUT2D eigenvalue weighted by Gasteiger charge is -2.30. The Kier molecular flexibility index (Phi) is 4.44. The number of phenolic OH excluding ortho intramolecular Hbond substituents is 1. The maximum atomic E-state index is 10.1. The third kappa shape index (κ3) is 2.74. The predicted octanol–water partition coefficient (Wildman–Crippen LogP) is 1.42. The molecule has 1 aromatic carbocycles. The van der Waals surface area contributed by atoms with Gasteiger partial charge in [-0.15, -0.1) is 0 Å². The fourth-order valence-electron chi connectivity index (χ4n) is 2.03. The maximum Gasteiger partial charge on any atom is 0.201 e. The lowest BCUT2D eigenvalue weighted by Crippen LogP contribution is -2.40. The minimum atomic E-state index is -0.0295. The summed E-state index contributed by atoms with van der Waals surface area (Å²) >= 11 is 5.47. The first-order valence-corrected chi connectivity index (χ1v) is 6.40. The number of ether oxygens (including phenoxy) is 3. The number of thiocarbonyl (C=S) groups is 1. The number of nitrogens with zero attached hydrogens (tertiary/aromatic N) is 1. The van der Waals surface area contributed by atoms with E-state index < -0.39 is 0 Å². The number of morpholine rings is 1. The summed E-state index contributed by atoms with van der Waals surface area (Å²) in [6, 6.07) is 3.48.